The largest absolute Gasteiger partial charge is 0.486 e. The molecule has 5 heteroatoms. The van der Waals surface area contributed by atoms with Crippen molar-refractivity contribution in [2.24, 2.45) is 0 Å². The molecule has 0 aliphatic carbocycles. The lowest BCUT2D eigenvalue weighted by atomic mass is 9.98. The van der Waals surface area contributed by atoms with Crippen LogP contribution in [-0.2, 0) is 9.84 Å². The summed E-state index contributed by atoms with van der Waals surface area (Å²) in [6.45, 7) is 4.19. The molecular formula is C14H20O4S. The number of aliphatic hydroxyl groups excluding tert-OH is 1. The minimum absolute atomic E-state index is 0.108. The van der Waals surface area contributed by atoms with Crippen molar-refractivity contribution in [3.63, 3.8) is 0 Å². The minimum atomic E-state index is -3.18. The van der Waals surface area contributed by atoms with Gasteiger partial charge in [-0.1, -0.05) is 32.0 Å². The highest BCUT2D eigenvalue weighted by molar-refractivity contribution is 7.91. The molecule has 106 valence electrons. The van der Waals surface area contributed by atoms with E-state index in [-0.39, 0.29) is 11.5 Å². The van der Waals surface area contributed by atoms with Crippen molar-refractivity contribution in [2.45, 2.75) is 38.4 Å². The van der Waals surface area contributed by atoms with Gasteiger partial charge in [0, 0.05) is 0 Å². The number of ether oxygens (including phenoxy) is 1. The van der Waals surface area contributed by atoms with Gasteiger partial charge >= 0.3 is 0 Å². The summed E-state index contributed by atoms with van der Waals surface area (Å²) in [6, 6.07) is 7.62. The van der Waals surface area contributed by atoms with Gasteiger partial charge in [0.25, 0.3) is 0 Å². The maximum atomic E-state index is 11.5. The summed E-state index contributed by atoms with van der Waals surface area (Å²) in [4.78, 5) is 0. The first-order chi connectivity index (χ1) is 8.93. The molecule has 0 radical (unpaired) electrons. The molecule has 1 heterocycles. The number of aliphatic hydroxyl groups is 1. The molecule has 0 amide bonds. The fourth-order valence-electron chi connectivity index (χ4n) is 2.29. The summed E-state index contributed by atoms with van der Waals surface area (Å²) in [5.74, 6) is 0.705. The van der Waals surface area contributed by atoms with Crippen molar-refractivity contribution in [1.82, 2.24) is 0 Å². The molecule has 0 spiro atoms. The minimum Gasteiger partial charge on any atom is -0.486 e. The topological polar surface area (TPSA) is 63.6 Å². The summed E-state index contributed by atoms with van der Waals surface area (Å²) in [5, 5.41) is 9.77. The van der Waals surface area contributed by atoms with E-state index < -0.39 is 22.0 Å². The van der Waals surface area contributed by atoms with Crippen molar-refractivity contribution in [1.29, 1.82) is 0 Å². The van der Waals surface area contributed by atoms with E-state index in [1.165, 1.54) is 0 Å². The van der Waals surface area contributed by atoms with E-state index in [1.807, 2.05) is 24.3 Å². The third kappa shape index (κ3) is 3.28. The second kappa shape index (κ2) is 5.51. The molecule has 19 heavy (non-hydrogen) atoms. The number of rotatable bonds is 4. The van der Waals surface area contributed by atoms with Crippen molar-refractivity contribution in [3.8, 4) is 5.75 Å². The highest BCUT2D eigenvalue weighted by Crippen LogP contribution is 2.30. The molecule has 1 aromatic carbocycles. The molecule has 0 bridgehead atoms. The third-order valence-electron chi connectivity index (χ3n) is 3.61. The Kier molecular flexibility index (Phi) is 4.16. The van der Waals surface area contributed by atoms with Crippen LogP contribution in [-0.4, -0.2) is 37.2 Å². The van der Waals surface area contributed by atoms with E-state index in [9.17, 15) is 13.5 Å². The average Bonchev–Trinajstić information content (AvgIpc) is 2.62. The van der Waals surface area contributed by atoms with Gasteiger partial charge < -0.3 is 9.84 Å². The molecule has 3 unspecified atom stereocenters. The van der Waals surface area contributed by atoms with E-state index in [1.54, 1.807) is 0 Å². The third-order valence-corrected chi connectivity index (χ3v) is 5.30. The second-order valence-electron chi connectivity index (χ2n) is 5.15. The van der Waals surface area contributed by atoms with Gasteiger partial charge in [0.15, 0.2) is 9.84 Å². The maximum Gasteiger partial charge on any atom is 0.156 e. The standard InChI is InChI=1S/C14H20O4S/c1-3-10(2)11-6-4-5-7-13(11)18-14-9-19(16,17)8-12(14)15/h4-7,10,12,14-15H,3,8-9H2,1-2H3. The number of hydrogen-bond acceptors (Lipinski definition) is 4. The molecule has 1 aromatic rings. The van der Waals surface area contributed by atoms with Crippen LogP contribution in [0.5, 0.6) is 5.75 Å². The van der Waals surface area contributed by atoms with E-state index in [0.29, 0.717) is 11.7 Å². The molecular weight excluding hydrogens is 264 g/mol. The normalized spacial score (nSPS) is 27.1. The van der Waals surface area contributed by atoms with E-state index >= 15 is 0 Å². The van der Waals surface area contributed by atoms with Crippen LogP contribution < -0.4 is 4.74 Å². The summed E-state index contributed by atoms with van der Waals surface area (Å²) in [7, 11) is -3.18. The Morgan fingerprint density at radius 3 is 2.63 bits per heavy atom. The van der Waals surface area contributed by atoms with Crippen LogP contribution in [0.3, 0.4) is 0 Å². The highest BCUT2D eigenvalue weighted by Gasteiger charge is 2.38. The Hall–Kier alpha value is -1.07. The number of benzene rings is 1. The molecule has 1 aliphatic heterocycles. The molecule has 4 nitrogen and oxygen atoms in total. The second-order valence-corrected chi connectivity index (χ2v) is 7.30. The van der Waals surface area contributed by atoms with Gasteiger partial charge in [-0.05, 0) is 24.0 Å². The first-order valence-electron chi connectivity index (χ1n) is 6.57. The highest BCUT2D eigenvalue weighted by atomic mass is 32.2. The molecule has 1 saturated heterocycles. The zero-order valence-corrected chi connectivity index (χ0v) is 12.1. The van der Waals surface area contributed by atoms with Gasteiger partial charge in [-0.15, -0.1) is 0 Å². The Morgan fingerprint density at radius 2 is 2.05 bits per heavy atom. The molecule has 0 saturated carbocycles. The molecule has 3 atom stereocenters. The number of hydrogen-bond donors (Lipinski definition) is 1. The predicted molar refractivity (Wildman–Crippen MR) is 74.2 cm³/mol. The van der Waals surface area contributed by atoms with Gasteiger partial charge in [0.2, 0.25) is 0 Å². The fourth-order valence-corrected chi connectivity index (χ4v) is 3.95. The van der Waals surface area contributed by atoms with Crippen molar-refractivity contribution in [3.05, 3.63) is 29.8 Å². The van der Waals surface area contributed by atoms with Crippen LogP contribution in [0.4, 0.5) is 0 Å². The molecule has 1 N–H and O–H groups in total. The van der Waals surface area contributed by atoms with Crippen LogP contribution >= 0.6 is 0 Å². The number of para-hydroxylation sites is 1. The smallest absolute Gasteiger partial charge is 0.156 e. The Morgan fingerprint density at radius 1 is 1.37 bits per heavy atom. The van der Waals surface area contributed by atoms with Crippen molar-refractivity contribution >= 4 is 9.84 Å². The van der Waals surface area contributed by atoms with Gasteiger partial charge in [-0.25, -0.2) is 8.42 Å². The Balaban J connectivity index is 2.20. The van der Waals surface area contributed by atoms with Crippen LogP contribution in [0.15, 0.2) is 24.3 Å². The van der Waals surface area contributed by atoms with Crippen LogP contribution in [0, 0.1) is 0 Å². The predicted octanol–water partition coefficient (Wildman–Crippen LogP) is 1.74. The van der Waals surface area contributed by atoms with Crippen LogP contribution in [0.2, 0.25) is 0 Å². The first kappa shape index (κ1) is 14.3. The van der Waals surface area contributed by atoms with Crippen LogP contribution in [0.25, 0.3) is 0 Å². The van der Waals surface area contributed by atoms with Gasteiger partial charge in [-0.3, -0.25) is 0 Å². The molecule has 0 aromatic heterocycles. The van der Waals surface area contributed by atoms with Gasteiger partial charge in [0.05, 0.1) is 11.5 Å². The molecule has 1 fully saturated rings. The first-order valence-corrected chi connectivity index (χ1v) is 8.39. The Labute approximate surface area is 114 Å². The van der Waals surface area contributed by atoms with E-state index in [2.05, 4.69) is 13.8 Å². The van der Waals surface area contributed by atoms with Gasteiger partial charge in [0.1, 0.15) is 18.0 Å². The summed E-state index contributed by atoms with van der Waals surface area (Å²) in [5.41, 5.74) is 1.06. The van der Waals surface area contributed by atoms with Gasteiger partial charge in [-0.2, -0.15) is 0 Å². The lowest BCUT2D eigenvalue weighted by Crippen LogP contribution is -2.30. The maximum absolute atomic E-state index is 11.5. The fraction of sp³-hybridized carbons (Fsp3) is 0.571. The summed E-state index contributed by atoms with van der Waals surface area (Å²) >= 11 is 0. The van der Waals surface area contributed by atoms with E-state index in [4.69, 9.17) is 4.74 Å². The molecule has 2 rings (SSSR count). The number of sulfone groups is 1. The average molecular weight is 284 g/mol. The van der Waals surface area contributed by atoms with E-state index in [0.717, 1.165) is 12.0 Å². The zero-order chi connectivity index (χ0) is 14.0. The molecule has 1 aliphatic rings. The zero-order valence-electron chi connectivity index (χ0n) is 11.2. The summed E-state index contributed by atoms with van der Waals surface area (Å²) < 4.78 is 28.7. The van der Waals surface area contributed by atoms with Crippen molar-refractivity contribution in [2.75, 3.05) is 11.5 Å². The quantitative estimate of drug-likeness (QED) is 0.914. The van der Waals surface area contributed by atoms with Crippen molar-refractivity contribution < 1.29 is 18.3 Å². The summed E-state index contributed by atoms with van der Waals surface area (Å²) in [6.07, 6.45) is -0.614. The Bertz CT molecular complexity index is 538. The lowest BCUT2D eigenvalue weighted by molar-refractivity contribution is 0.0729. The lowest BCUT2D eigenvalue weighted by Gasteiger charge is -2.20. The van der Waals surface area contributed by atoms with Crippen LogP contribution in [0.1, 0.15) is 31.7 Å². The monoisotopic (exact) mass is 284 g/mol. The SMILES string of the molecule is CCC(C)c1ccccc1OC1CS(=O)(=O)CC1O.